The van der Waals surface area contributed by atoms with E-state index in [1.54, 1.807) is 0 Å². The molecule has 0 aromatic rings. The lowest BCUT2D eigenvalue weighted by Crippen LogP contribution is -2.43. The maximum Gasteiger partial charge on any atom is 0.0698 e. The fourth-order valence-electron chi connectivity index (χ4n) is 1.96. The van der Waals surface area contributed by atoms with Crippen molar-refractivity contribution < 1.29 is 9.84 Å². The van der Waals surface area contributed by atoms with Crippen LogP contribution in [0.5, 0.6) is 0 Å². The Bertz CT molecular complexity index is 148. The smallest absolute Gasteiger partial charge is 0.0698 e. The van der Waals surface area contributed by atoms with Gasteiger partial charge in [-0.25, -0.2) is 0 Å². The second-order valence-electron chi connectivity index (χ2n) is 4.00. The van der Waals surface area contributed by atoms with E-state index in [0.717, 1.165) is 6.54 Å². The number of nitrogens with one attached hydrogen (secondary N) is 1. The molecular formula is C11H24N2O2. The summed E-state index contributed by atoms with van der Waals surface area (Å²) in [6, 6.07) is 0.658. The van der Waals surface area contributed by atoms with Crippen LogP contribution in [-0.4, -0.2) is 62.0 Å². The van der Waals surface area contributed by atoms with Gasteiger partial charge < -0.3 is 20.1 Å². The summed E-state index contributed by atoms with van der Waals surface area (Å²) in [5, 5.41) is 12.0. The Balaban J connectivity index is 1.94. The monoisotopic (exact) mass is 216 g/mol. The summed E-state index contributed by atoms with van der Waals surface area (Å²) in [5.41, 5.74) is 0. The number of piperidine rings is 1. The number of aliphatic hydroxyl groups is 1. The van der Waals surface area contributed by atoms with Gasteiger partial charge in [0.2, 0.25) is 0 Å². The molecule has 0 aromatic carbocycles. The fourth-order valence-corrected chi connectivity index (χ4v) is 1.96. The molecule has 0 amide bonds. The van der Waals surface area contributed by atoms with Gasteiger partial charge in [-0.15, -0.1) is 0 Å². The SMILES string of the molecule is CCN1CCC(NCCOCCO)CC1. The lowest BCUT2D eigenvalue weighted by atomic mass is 10.1. The van der Waals surface area contributed by atoms with Crippen LogP contribution in [0.1, 0.15) is 19.8 Å². The predicted octanol–water partition coefficient (Wildman–Crippen LogP) is 0.0692. The first-order chi connectivity index (χ1) is 7.36. The van der Waals surface area contributed by atoms with Gasteiger partial charge in [-0.1, -0.05) is 6.92 Å². The first-order valence-corrected chi connectivity index (χ1v) is 6.01. The number of ether oxygens (including phenoxy) is 1. The van der Waals surface area contributed by atoms with Crippen LogP contribution in [-0.2, 0) is 4.74 Å². The van der Waals surface area contributed by atoms with Gasteiger partial charge in [-0.2, -0.15) is 0 Å². The minimum atomic E-state index is 0.120. The largest absolute Gasteiger partial charge is 0.394 e. The molecular weight excluding hydrogens is 192 g/mol. The molecule has 90 valence electrons. The third-order valence-corrected chi connectivity index (χ3v) is 2.95. The van der Waals surface area contributed by atoms with E-state index in [-0.39, 0.29) is 6.61 Å². The van der Waals surface area contributed by atoms with Gasteiger partial charge in [0.15, 0.2) is 0 Å². The van der Waals surface area contributed by atoms with Gasteiger partial charge in [0.1, 0.15) is 0 Å². The van der Waals surface area contributed by atoms with E-state index in [2.05, 4.69) is 17.1 Å². The van der Waals surface area contributed by atoms with Crippen LogP contribution in [0.25, 0.3) is 0 Å². The molecule has 2 N–H and O–H groups in total. The first kappa shape index (κ1) is 12.9. The zero-order valence-electron chi connectivity index (χ0n) is 9.74. The molecule has 4 heteroatoms. The van der Waals surface area contributed by atoms with Crippen molar-refractivity contribution in [1.82, 2.24) is 10.2 Å². The molecule has 1 heterocycles. The fraction of sp³-hybridized carbons (Fsp3) is 1.00. The zero-order valence-corrected chi connectivity index (χ0v) is 9.74. The van der Waals surface area contributed by atoms with Crippen LogP contribution >= 0.6 is 0 Å². The Morgan fingerprint density at radius 2 is 2.07 bits per heavy atom. The van der Waals surface area contributed by atoms with Gasteiger partial charge in [-0.3, -0.25) is 0 Å². The lowest BCUT2D eigenvalue weighted by Gasteiger charge is -2.31. The summed E-state index contributed by atoms with van der Waals surface area (Å²) >= 11 is 0. The molecule has 0 atom stereocenters. The Kier molecular flexibility index (Phi) is 6.92. The van der Waals surface area contributed by atoms with Gasteiger partial charge in [0.25, 0.3) is 0 Å². The van der Waals surface area contributed by atoms with Crippen LogP contribution in [0.3, 0.4) is 0 Å². The minimum absolute atomic E-state index is 0.120. The molecule has 15 heavy (non-hydrogen) atoms. The van der Waals surface area contributed by atoms with Crippen LogP contribution in [0.2, 0.25) is 0 Å². The number of hydrogen-bond acceptors (Lipinski definition) is 4. The molecule has 1 aliphatic heterocycles. The molecule has 1 aliphatic rings. The quantitative estimate of drug-likeness (QED) is 0.591. The van der Waals surface area contributed by atoms with E-state index < -0.39 is 0 Å². The molecule has 1 saturated heterocycles. The number of nitrogens with zero attached hydrogens (tertiary/aromatic N) is 1. The molecule has 0 bridgehead atoms. The van der Waals surface area contributed by atoms with Crippen LogP contribution < -0.4 is 5.32 Å². The molecule has 0 saturated carbocycles. The van der Waals surface area contributed by atoms with E-state index in [1.807, 2.05) is 0 Å². The van der Waals surface area contributed by atoms with Crippen molar-refractivity contribution in [1.29, 1.82) is 0 Å². The summed E-state index contributed by atoms with van der Waals surface area (Å²) in [5.74, 6) is 0. The normalized spacial score (nSPS) is 19.6. The second-order valence-corrected chi connectivity index (χ2v) is 4.00. The Morgan fingerprint density at radius 1 is 1.33 bits per heavy atom. The van der Waals surface area contributed by atoms with Crippen molar-refractivity contribution in [2.24, 2.45) is 0 Å². The predicted molar refractivity (Wildman–Crippen MR) is 61.0 cm³/mol. The summed E-state index contributed by atoms with van der Waals surface area (Å²) < 4.78 is 5.19. The standard InChI is InChI=1S/C11H24N2O2/c1-2-13-6-3-11(4-7-13)12-5-9-15-10-8-14/h11-12,14H,2-10H2,1H3. The molecule has 1 rings (SSSR count). The number of hydrogen-bond donors (Lipinski definition) is 2. The highest BCUT2D eigenvalue weighted by molar-refractivity contribution is 4.76. The summed E-state index contributed by atoms with van der Waals surface area (Å²) in [6.45, 7) is 8.00. The molecule has 0 radical (unpaired) electrons. The maximum atomic E-state index is 8.52. The Hall–Kier alpha value is -0.160. The average molecular weight is 216 g/mol. The van der Waals surface area contributed by atoms with Gasteiger partial charge in [0.05, 0.1) is 19.8 Å². The highest BCUT2D eigenvalue weighted by Crippen LogP contribution is 2.09. The summed E-state index contributed by atoms with van der Waals surface area (Å²) in [6.07, 6.45) is 2.49. The van der Waals surface area contributed by atoms with Crippen LogP contribution in [0.4, 0.5) is 0 Å². The van der Waals surface area contributed by atoms with Crippen molar-refractivity contribution in [2.75, 3.05) is 46.0 Å². The minimum Gasteiger partial charge on any atom is -0.394 e. The number of aliphatic hydroxyl groups excluding tert-OH is 1. The second kappa shape index (κ2) is 8.05. The maximum absolute atomic E-state index is 8.52. The third-order valence-electron chi connectivity index (χ3n) is 2.95. The summed E-state index contributed by atoms with van der Waals surface area (Å²) in [7, 11) is 0. The van der Waals surface area contributed by atoms with Crippen LogP contribution in [0.15, 0.2) is 0 Å². The molecule has 0 spiro atoms. The van der Waals surface area contributed by atoms with E-state index in [1.165, 1.54) is 32.5 Å². The topological polar surface area (TPSA) is 44.7 Å². The van der Waals surface area contributed by atoms with Crippen molar-refractivity contribution in [3.63, 3.8) is 0 Å². The van der Waals surface area contributed by atoms with E-state index in [9.17, 15) is 0 Å². The van der Waals surface area contributed by atoms with Crippen LogP contribution in [0, 0.1) is 0 Å². The van der Waals surface area contributed by atoms with E-state index >= 15 is 0 Å². The van der Waals surface area contributed by atoms with E-state index in [4.69, 9.17) is 9.84 Å². The first-order valence-electron chi connectivity index (χ1n) is 6.01. The van der Waals surface area contributed by atoms with Crippen molar-refractivity contribution in [3.8, 4) is 0 Å². The van der Waals surface area contributed by atoms with Crippen molar-refractivity contribution in [2.45, 2.75) is 25.8 Å². The number of likely N-dealkylation sites (tertiary alicyclic amines) is 1. The average Bonchev–Trinajstić information content (AvgIpc) is 2.30. The Morgan fingerprint density at radius 3 is 2.67 bits per heavy atom. The Labute approximate surface area is 92.6 Å². The lowest BCUT2D eigenvalue weighted by molar-refractivity contribution is 0.0905. The van der Waals surface area contributed by atoms with Crippen molar-refractivity contribution in [3.05, 3.63) is 0 Å². The highest BCUT2D eigenvalue weighted by Gasteiger charge is 2.16. The highest BCUT2D eigenvalue weighted by atomic mass is 16.5. The van der Waals surface area contributed by atoms with Gasteiger partial charge >= 0.3 is 0 Å². The van der Waals surface area contributed by atoms with E-state index in [0.29, 0.717) is 19.3 Å². The molecule has 0 aliphatic carbocycles. The summed E-state index contributed by atoms with van der Waals surface area (Å²) in [4.78, 5) is 2.49. The van der Waals surface area contributed by atoms with Crippen molar-refractivity contribution >= 4 is 0 Å². The van der Waals surface area contributed by atoms with Gasteiger partial charge in [-0.05, 0) is 32.5 Å². The number of rotatable bonds is 7. The molecule has 4 nitrogen and oxygen atoms in total. The zero-order chi connectivity index (χ0) is 10.9. The molecule has 0 unspecified atom stereocenters. The molecule has 0 aromatic heterocycles. The van der Waals surface area contributed by atoms with Gasteiger partial charge in [0, 0.05) is 12.6 Å². The third kappa shape index (κ3) is 5.47. The molecule has 1 fully saturated rings.